The number of amides is 1. The number of nitrogens with zero attached hydrogens (tertiary/aromatic N) is 1. The molecular weight excluding hydrogens is 320 g/mol. The number of aryl methyl sites for hydroxylation is 1. The Labute approximate surface area is 146 Å². The molecule has 1 heterocycles. The monoisotopic (exact) mass is 342 g/mol. The molecule has 0 spiro atoms. The highest BCUT2D eigenvalue weighted by molar-refractivity contribution is 6.03. The predicted octanol–water partition coefficient (Wildman–Crippen LogP) is 2.60. The molecule has 0 saturated carbocycles. The van der Waals surface area contributed by atoms with Crippen molar-refractivity contribution in [1.82, 2.24) is 9.88 Å². The average molecular weight is 342 g/mol. The number of Topliss-reactive ketones (excluding diaryl/α,β-unsaturated/α-hetero) is 1. The van der Waals surface area contributed by atoms with Crippen LogP contribution in [0.2, 0.25) is 0 Å². The van der Waals surface area contributed by atoms with Crippen LogP contribution in [0.3, 0.4) is 0 Å². The smallest absolute Gasteiger partial charge is 0.326 e. The fraction of sp³-hybridized carbons (Fsp3) is 0.316. The minimum absolute atomic E-state index is 0.132. The van der Waals surface area contributed by atoms with Gasteiger partial charge >= 0.3 is 5.97 Å². The molecule has 1 aromatic carbocycles. The summed E-state index contributed by atoms with van der Waals surface area (Å²) >= 11 is 0. The molecule has 25 heavy (non-hydrogen) atoms. The van der Waals surface area contributed by atoms with Crippen LogP contribution in [-0.4, -0.2) is 45.7 Å². The zero-order valence-electron chi connectivity index (χ0n) is 14.8. The van der Waals surface area contributed by atoms with Crippen molar-refractivity contribution in [1.29, 1.82) is 0 Å². The molecule has 0 aliphatic rings. The summed E-state index contributed by atoms with van der Waals surface area (Å²) in [7, 11) is 1.47. The van der Waals surface area contributed by atoms with Gasteiger partial charge in [-0.15, -0.1) is 0 Å². The van der Waals surface area contributed by atoms with E-state index in [1.54, 1.807) is 13.8 Å². The van der Waals surface area contributed by atoms with Crippen molar-refractivity contribution in [3.8, 4) is 0 Å². The Balaban J connectivity index is 2.32. The minimum Gasteiger partial charge on any atom is -0.480 e. The van der Waals surface area contributed by atoms with Crippen molar-refractivity contribution in [2.45, 2.75) is 33.2 Å². The molecule has 6 heteroatoms. The zero-order chi connectivity index (χ0) is 18.7. The summed E-state index contributed by atoms with van der Waals surface area (Å²) in [6.45, 7) is 4.85. The molecular formula is C19H22N2O4. The lowest BCUT2D eigenvalue weighted by Gasteiger charge is -2.25. The lowest BCUT2D eigenvalue weighted by molar-refractivity contribution is -0.141. The van der Waals surface area contributed by atoms with Gasteiger partial charge in [0, 0.05) is 24.7 Å². The largest absolute Gasteiger partial charge is 0.480 e. The maximum absolute atomic E-state index is 12.8. The highest BCUT2D eigenvalue weighted by atomic mass is 16.4. The third kappa shape index (κ3) is 3.79. The van der Waals surface area contributed by atoms with Crippen LogP contribution in [0.15, 0.2) is 30.3 Å². The summed E-state index contributed by atoms with van der Waals surface area (Å²) in [5.41, 5.74) is 2.72. The minimum atomic E-state index is -1.08. The summed E-state index contributed by atoms with van der Waals surface area (Å²) in [5.74, 6) is -1.66. The van der Waals surface area contributed by atoms with Crippen LogP contribution in [0.4, 0.5) is 0 Å². The van der Waals surface area contributed by atoms with Crippen LogP contribution >= 0.6 is 0 Å². The number of H-pyrrole nitrogens is 1. The fourth-order valence-electron chi connectivity index (χ4n) is 3.04. The van der Waals surface area contributed by atoms with Crippen LogP contribution < -0.4 is 0 Å². The highest BCUT2D eigenvalue weighted by Crippen LogP contribution is 2.21. The average Bonchev–Trinajstić information content (AvgIpc) is 2.86. The summed E-state index contributed by atoms with van der Waals surface area (Å²) in [6.07, 6.45) is 0.205. The van der Waals surface area contributed by atoms with Crippen LogP contribution in [0, 0.1) is 13.8 Å². The van der Waals surface area contributed by atoms with Gasteiger partial charge in [-0.2, -0.15) is 0 Å². The molecule has 1 amide bonds. The molecule has 6 nitrogen and oxygen atoms in total. The van der Waals surface area contributed by atoms with Gasteiger partial charge in [0.25, 0.3) is 5.91 Å². The molecule has 1 atom stereocenters. The SMILES string of the molecule is CC(=O)c1c(C)[nH]c(C(=O)N(C)C(Cc2ccccc2)C(=O)O)c1C. The Kier molecular flexibility index (Phi) is 5.41. The van der Waals surface area contributed by atoms with Gasteiger partial charge in [-0.3, -0.25) is 9.59 Å². The van der Waals surface area contributed by atoms with Gasteiger partial charge in [-0.25, -0.2) is 4.79 Å². The molecule has 2 aromatic rings. The molecule has 0 radical (unpaired) electrons. The summed E-state index contributed by atoms with van der Waals surface area (Å²) in [5, 5.41) is 9.56. The van der Waals surface area contributed by atoms with E-state index in [4.69, 9.17) is 0 Å². The standard InChI is InChI=1S/C19H22N2O4/c1-11-16(13(3)22)12(2)20-17(11)18(23)21(4)15(19(24)25)10-14-8-6-5-7-9-14/h5-9,15,20H,10H2,1-4H3,(H,24,25). The number of aromatic amines is 1. The number of aliphatic carboxylic acids is 1. The second-order valence-corrected chi connectivity index (χ2v) is 6.14. The number of carbonyl (C=O) groups excluding carboxylic acids is 2. The first-order valence-corrected chi connectivity index (χ1v) is 7.98. The van der Waals surface area contributed by atoms with Crippen LogP contribution in [0.25, 0.3) is 0 Å². The number of rotatable bonds is 6. The first-order chi connectivity index (χ1) is 11.7. The Morgan fingerprint density at radius 2 is 1.76 bits per heavy atom. The van der Waals surface area contributed by atoms with E-state index in [-0.39, 0.29) is 17.9 Å². The van der Waals surface area contributed by atoms with Crippen LogP contribution in [0.1, 0.15) is 44.6 Å². The number of carboxylic acid groups (broad SMARTS) is 1. The molecule has 0 bridgehead atoms. The number of aromatic nitrogens is 1. The van der Waals surface area contributed by atoms with E-state index in [9.17, 15) is 19.5 Å². The number of carbonyl (C=O) groups is 3. The molecule has 132 valence electrons. The van der Waals surface area contributed by atoms with Crippen molar-refractivity contribution in [2.75, 3.05) is 7.05 Å². The number of likely N-dealkylation sites (N-methyl/N-ethyl adjacent to an activating group) is 1. The quantitative estimate of drug-likeness (QED) is 0.790. The second kappa shape index (κ2) is 7.34. The number of hydrogen-bond acceptors (Lipinski definition) is 3. The molecule has 0 aliphatic heterocycles. The fourth-order valence-corrected chi connectivity index (χ4v) is 3.04. The van der Waals surface area contributed by atoms with Gasteiger partial charge in [0.15, 0.2) is 5.78 Å². The lowest BCUT2D eigenvalue weighted by Crippen LogP contribution is -2.44. The van der Waals surface area contributed by atoms with E-state index in [2.05, 4.69) is 4.98 Å². The summed E-state index contributed by atoms with van der Waals surface area (Å²) in [6, 6.07) is 8.15. The normalized spacial score (nSPS) is 11.8. The lowest BCUT2D eigenvalue weighted by atomic mass is 10.0. The Morgan fingerprint density at radius 3 is 2.24 bits per heavy atom. The molecule has 0 fully saturated rings. The van der Waals surface area contributed by atoms with Crippen molar-refractivity contribution in [3.05, 3.63) is 58.4 Å². The first kappa shape index (κ1) is 18.4. The van der Waals surface area contributed by atoms with Gasteiger partial charge in [0.2, 0.25) is 0 Å². The zero-order valence-corrected chi connectivity index (χ0v) is 14.8. The van der Waals surface area contributed by atoms with Gasteiger partial charge in [0.1, 0.15) is 11.7 Å². The maximum Gasteiger partial charge on any atom is 0.326 e. The molecule has 1 aromatic heterocycles. The number of ketones is 1. The number of nitrogens with one attached hydrogen (secondary N) is 1. The predicted molar refractivity (Wildman–Crippen MR) is 93.9 cm³/mol. The van der Waals surface area contributed by atoms with Crippen molar-refractivity contribution < 1.29 is 19.5 Å². The summed E-state index contributed by atoms with van der Waals surface area (Å²) in [4.78, 5) is 40.4. The van der Waals surface area contributed by atoms with E-state index >= 15 is 0 Å². The van der Waals surface area contributed by atoms with Crippen LogP contribution in [0.5, 0.6) is 0 Å². The molecule has 0 aliphatic carbocycles. The topological polar surface area (TPSA) is 90.5 Å². The Hall–Kier alpha value is -2.89. The van der Waals surface area contributed by atoms with Gasteiger partial charge in [-0.1, -0.05) is 30.3 Å². The van der Waals surface area contributed by atoms with Crippen molar-refractivity contribution in [3.63, 3.8) is 0 Å². The Bertz CT molecular complexity index is 808. The molecule has 1 unspecified atom stereocenters. The second-order valence-electron chi connectivity index (χ2n) is 6.14. The van der Waals surface area contributed by atoms with E-state index in [1.807, 2.05) is 30.3 Å². The van der Waals surface area contributed by atoms with Crippen molar-refractivity contribution in [2.24, 2.45) is 0 Å². The summed E-state index contributed by atoms with van der Waals surface area (Å²) < 4.78 is 0. The number of benzene rings is 1. The third-order valence-electron chi connectivity index (χ3n) is 4.35. The van der Waals surface area contributed by atoms with Gasteiger partial charge in [-0.05, 0) is 31.9 Å². The molecule has 2 N–H and O–H groups in total. The molecule has 2 rings (SSSR count). The number of carboxylic acids is 1. The van der Waals surface area contributed by atoms with Crippen molar-refractivity contribution >= 4 is 17.7 Å². The number of hydrogen-bond donors (Lipinski definition) is 2. The van der Waals surface area contributed by atoms with E-state index in [1.165, 1.54) is 18.9 Å². The molecule has 0 saturated heterocycles. The highest BCUT2D eigenvalue weighted by Gasteiger charge is 2.30. The van der Waals surface area contributed by atoms with Crippen LogP contribution in [-0.2, 0) is 11.2 Å². The maximum atomic E-state index is 12.8. The first-order valence-electron chi connectivity index (χ1n) is 7.98. The van der Waals surface area contributed by atoms with E-state index < -0.39 is 17.9 Å². The van der Waals surface area contributed by atoms with E-state index in [0.717, 1.165) is 5.56 Å². The Morgan fingerprint density at radius 1 is 1.16 bits per heavy atom. The van der Waals surface area contributed by atoms with Gasteiger partial charge < -0.3 is 15.0 Å². The van der Waals surface area contributed by atoms with E-state index in [0.29, 0.717) is 16.8 Å². The van der Waals surface area contributed by atoms with Gasteiger partial charge in [0.05, 0.1) is 0 Å². The third-order valence-corrected chi connectivity index (χ3v) is 4.35.